The van der Waals surface area contributed by atoms with Gasteiger partial charge in [-0.05, 0) is 37.1 Å². The lowest BCUT2D eigenvalue weighted by molar-refractivity contribution is -0.118. The highest BCUT2D eigenvalue weighted by atomic mass is 16.1. The molecule has 0 saturated carbocycles. The maximum atomic E-state index is 10.4. The first-order valence-electron chi connectivity index (χ1n) is 5.17. The van der Waals surface area contributed by atoms with Crippen molar-refractivity contribution in [3.8, 4) is 0 Å². The summed E-state index contributed by atoms with van der Waals surface area (Å²) in [6.07, 6.45) is 5.89. The van der Waals surface area contributed by atoms with E-state index in [-0.39, 0.29) is 5.91 Å². The Morgan fingerprint density at radius 1 is 1.33 bits per heavy atom. The van der Waals surface area contributed by atoms with E-state index in [0.29, 0.717) is 6.42 Å². The molecule has 0 unspecified atom stereocenters. The number of rotatable bonds is 7. The van der Waals surface area contributed by atoms with Gasteiger partial charge in [-0.2, -0.15) is 0 Å². The van der Waals surface area contributed by atoms with Crippen LogP contribution >= 0.6 is 0 Å². The standard InChI is InChI=1S/C11H17N3O/c12-11(15)3-1-2-6-14-9-10-4-7-13-8-5-10/h4-5,7-8,14H,1-3,6,9H2,(H2,12,15). The molecule has 1 heterocycles. The number of nitrogens with one attached hydrogen (secondary N) is 1. The van der Waals surface area contributed by atoms with Gasteiger partial charge in [0.1, 0.15) is 0 Å². The van der Waals surface area contributed by atoms with E-state index >= 15 is 0 Å². The summed E-state index contributed by atoms with van der Waals surface area (Å²) in [5, 5.41) is 3.30. The molecule has 1 aromatic rings. The number of amides is 1. The molecule has 0 aliphatic carbocycles. The minimum atomic E-state index is -0.218. The van der Waals surface area contributed by atoms with E-state index in [9.17, 15) is 4.79 Å². The normalized spacial score (nSPS) is 10.1. The molecule has 0 radical (unpaired) electrons. The van der Waals surface area contributed by atoms with Crippen LogP contribution in [0.3, 0.4) is 0 Å². The Hall–Kier alpha value is -1.42. The number of hydrogen-bond acceptors (Lipinski definition) is 3. The predicted octanol–water partition coefficient (Wildman–Crippen LogP) is 0.827. The Morgan fingerprint density at radius 3 is 2.73 bits per heavy atom. The van der Waals surface area contributed by atoms with Crippen LogP contribution in [0.1, 0.15) is 24.8 Å². The van der Waals surface area contributed by atoms with Gasteiger partial charge in [-0.3, -0.25) is 9.78 Å². The Morgan fingerprint density at radius 2 is 2.07 bits per heavy atom. The molecule has 4 nitrogen and oxygen atoms in total. The molecule has 0 spiro atoms. The van der Waals surface area contributed by atoms with Crippen molar-refractivity contribution in [1.29, 1.82) is 0 Å². The van der Waals surface area contributed by atoms with E-state index in [4.69, 9.17) is 5.73 Å². The van der Waals surface area contributed by atoms with Gasteiger partial charge in [0.2, 0.25) is 5.91 Å². The number of primary amides is 1. The average Bonchev–Trinajstić information content (AvgIpc) is 2.24. The van der Waals surface area contributed by atoms with Crippen molar-refractivity contribution >= 4 is 5.91 Å². The number of hydrogen-bond donors (Lipinski definition) is 2. The second-order valence-corrected chi connectivity index (χ2v) is 3.46. The summed E-state index contributed by atoms with van der Waals surface area (Å²) in [5.41, 5.74) is 6.25. The second kappa shape index (κ2) is 6.95. The molecule has 1 aromatic heterocycles. The maximum absolute atomic E-state index is 10.4. The SMILES string of the molecule is NC(=O)CCCCNCc1ccncc1. The second-order valence-electron chi connectivity index (χ2n) is 3.46. The Balaban J connectivity index is 2.00. The van der Waals surface area contributed by atoms with Gasteiger partial charge < -0.3 is 11.1 Å². The van der Waals surface area contributed by atoms with Crippen LogP contribution in [0.25, 0.3) is 0 Å². The lowest BCUT2D eigenvalue weighted by Gasteiger charge is -2.03. The molecule has 0 fully saturated rings. The highest BCUT2D eigenvalue weighted by Crippen LogP contribution is 1.96. The van der Waals surface area contributed by atoms with Crippen LogP contribution in [0.15, 0.2) is 24.5 Å². The van der Waals surface area contributed by atoms with E-state index in [1.54, 1.807) is 12.4 Å². The topological polar surface area (TPSA) is 68.0 Å². The van der Waals surface area contributed by atoms with Crippen molar-refractivity contribution in [3.05, 3.63) is 30.1 Å². The van der Waals surface area contributed by atoms with Gasteiger partial charge in [-0.15, -0.1) is 0 Å². The van der Waals surface area contributed by atoms with Crippen LogP contribution in [0.4, 0.5) is 0 Å². The number of aromatic nitrogens is 1. The zero-order valence-electron chi connectivity index (χ0n) is 8.78. The first-order chi connectivity index (χ1) is 7.29. The van der Waals surface area contributed by atoms with Gasteiger partial charge in [0.25, 0.3) is 0 Å². The fourth-order valence-electron chi connectivity index (χ4n) is 1.28. The summed E-state index contributed by atoms with van der Waals surface area (Å²) in [4.78, 5) is 14.4. The fourth-order valence-corrected chi connectivity index (χ4v) is 1.28. The zero-order chi connectivity index (χ0) is 10.9. The summed E-state index contributed by atoms with van der Waals surface area (Å²) in [6.45, 7) is 1.76. The van der Waals surface area contributed by atoms with Gasteiger partial charge >= 0.3 is 0 Å². The van der Waals surface area contributed by atoms with Crippen molar-refractivity contribution in [1.82, 2.24) is 10.3 Å². The molecule has 0 saturated heterocycles. The first-order valence-corrected chi connectivity index (χ1v) is 5.17. The largest absolute Gasteiger partial charge is 0.370 e. The predicted molar refractivity (Wildman–Crippen MR) is 59.0 cm³/mol. The van der Waals surface area contributed by atoms with Crippen LogP contribution in [-0.4, -0.2) is 17.4 Å². The molecule has 15 heavy (non-hydrogen) atoms. The summed E-state index contributed by atoms with van der Waals surface area (Å²) >= 11 is 0. The smallest absolute Gasteiger partial charge is 0.217 e. The van der Waals surface area contributed by atoms with E-state index in [1.807, 2.05) is 12.1 Å². The van der Waals surface area contributed by atoms with Crippen LogP contribution in [0, 0.1) is 0 Å². The van der Waals surface area contributed by atoms with E-state index in [0.717, 1.165) is 25.9 Å². The summed E-state index contributed by atoms with van der Waals surface area (Å²) in [6, 6.07) is 3.97. The third kappa shape index (κ3) is 5.80. The molecule has 0 aliphatic rings. The number of nitrogens with two attached hydrogens (primary N) is 1. The van der Waals surface area contributed by atoms with Crippen molar-refractivity contribution in [2.45, 2.75) is 25.8 Å². The molecule has 0 aliphatic heterocycles. The van der Waals surface area contributed by atoms with Crippen LogP contribution < -0.4 is 11.1 Å². The van der Waals surface area contributed by atoms with Gasteiger partial charge in [0.15, 0.2) is 0 Å². The van der Waals surface area contributed by atoms with Crippen molar-refractivity contribution in [3.63, 3.8) is 0 Å². The zero-order valence-corrected chi connectivity index (χ0v) is 8.78. The van der Waals surface area contributed by atoms with Gasteiger partial charge in [-0.1, -0.05) is 0 Å². The first kappa shape index (κ1) is 11.7. The molecule has 0 bridgehead atoms. The van der Waals surface area contributed by atoms with Crippen molar-refractivity contribution < 1.29 is 4.79 Å². The van der Waals surface area contributed by atoms with Gasteiger partial charge in [0, 0.05) is 25.4 Å². The lowest BCUT2D eigenvalue weighted by Crippen LogP contribution is -2.16. The Bertz CT molecular complexity index is 287. The summed E-state index contributed by atoms with van der Waals surface area (Å²) < 4.78 is 0. The Kier molecular flexibility index (Phi) is 5.40. The van der Waals surface area contributed by atoms with Gasteiger partial charge in [-0.25, -0.2) is 0 Å². The highest BCUT2D eigenvalue weighted by Gasteiger charge is 1.94. The molecule has 1 rings (SSSR count). The average molecular weight is 207 g/mol. The number of carbonyl (C=O) groups is 1. The minimum absolute atomic E-state index is 0.218. The molecule has 4 heteroatoms. The Labute approximate surface area is 89.9 Å². The van der Waals surface area contributed by atoms with Crippen molar-refractivity contribution in [2.75, 3.05) is 6.54 Å². The minimum Gasteiger partial charge on any atom is -0.370 e. The maximum Gasteiger partial charge on any atom is 0.217 e. The highest BCUT2D eigenvalue weighted by molar-refractivity contribution is 5.73. The third-order valence-electron chi connectivity index (χ3n) is 2.11. The molecular formula is C11H17N3O. The van der Waals surface area contributed by atoms with Crippen molar-refractivity contribution in [2.24, 2.45) is 5.73 Å². The third-order valence-corrected chi connectivity index (χ3v) is 2.11. The number of unbranched alkanes of at least 4 members (excludes halogenated alkanes) is 1. The molecule has 3 N–H and O–H groups in total. The molecule has 82 valence electrons. The number of pyridine rings is 1. The quantitative estimate of drug-likeness (QED) is 0.651. The number of nitrogens with zero attached hydrogens (tertiary/aromatic N) is 1. The van der Waals surface area contributed by atoms with Crippen LogP contribution in [-0.2, 0) is 11.3 Å². The molecule has 1 amide bonds. The lowest BCUT2D eigenvalue weighted by atomic mass is 10.2. The van der Waals surface area contributed by atoms with E-state index in [2.05, 4.69) is 10.3 Å². The monoisotopic (exact) mass is 207 g/mol. The van der Waals surface area contributed by atoms with E-state index in [1.165, 1.54) is 5.56 Å². The molecule has 0 atom stereocenters. The summed E-state index contributed by atoms with van der Waals surface area (Å²) in [7, 11) is 0. The van der Waals surface area contributed by atoms with Gasteiger partial charge in [0.05, 0.1) is 0 Å². The molecule has 0 aromatic carbocycles. The van der Waals surface area contributed by atoms with E-state index < -0.39 is 0 Å². The van der Waals surface area contributed by atoms with Crippen LogP contribution in [0.5, 0.6) is 0 Å². The summed E-state index contributed by atoms with van der Waals surface area (Å²) in [5.74, 6) is -0.218. The molecular weight excluding hydrogens is 190 g/mol. The fraction of sp³-hybridized carbons (Fsp3) is 0.455. The number of carbonyl (C=O) groups excluding carboxylic acids is 1. The van der Waals surface area contributed by atoms with Crippen LogP contribution in [0.2, 0.25) is 0 Å².